The number of ketones is 1. The number of thiophene rings is 1. The maximum absolute atomic E-state index is 12.5. The number of hydrogen-bond donors (Lipinski definition) is 0. The third kappa shape index (κ3) is 2.97. The Balaban J connectivity index is 1.62. The monoisotopic (exact) mass is 341 g/mol. The molecule has 0 amide bonds. The lowest BCUT2D eigenvalue weighted by Crippen LogP contribution is -2.40. The molecule has 0 unspecified atom stereocenters. The van der Waals surface area contributed by atoms with Crippen molar-refractivity contribution in [3.63, 3.8) is 0 Å². The van der Waals surface area contributed by atoms with Crippen LogP contribution in [0.4, 0.5) is 5.95 Å². The molecule has 0 spiro atoms. The molecule has 1 saturated heterocycles. The van der Waals surface area contributed by atoms with E-state index in [0.29, 0.717) is 18.3 Å². The summed E-state index contributed by atoms with van der Waals surface area (Å²) < 4.78 is 0. The van der Waals surface area contributed by atoms with Crippen molar-refractivity contribution in [2.45, 2.75) is 39.0 Å². The van der Waals surface area contributed by atoms with Gasteiger partial charge in [0.2, 0.25) is 5.95 Å². The first-order valence-electron chi connectivity index (χ1n) is 8.77. The molecule has 0 saturated carbocycles. The number of fused-ring (bicyclic) bond motifs is 1. The van der Waals surface area contributed by atoms with Crippen molar-refractivity contribution in [1.82, 2.24) is 9.97 Å². The average Bonchev–Trinajstić information content (AvgIpc) is 3.08. The molecule has 126 valence electrons. The predicted molar refractivity (Wildman–Crippen MR) is 96.9 cm³/mol. The highest BCUT2D eigenvalue weighted by Gasteiger charge is 2.30. The molecular formula is C19H23N3OS. The number of piperidine rings is 1. The second-order valence-electron chi connectivity index (χ2n) is 7.43. The van der Waals surface area contributed by atoms with Crippen molar-refractivity contribution >= 4 is 23.1 Å². The number of hydrogen-bond acceptors (Lipinski definition) is 5. The summed E-state index contributed by atoms with van der Waals surface area (Å²) in [4.78, 5) is 25.4. The predicted octanol–water partition coefficient (Wildman–Crippen LogP) is 3.93. The molecule has 4 nitrogen and oxygen atoms in total. The number of carbonyl (C=O) groups is 1. The van der Waals surface area contributed by atoms with E-state index in [-0.39, 0.29) is 11.7 Å². The minimum Gasteiger partial charge on any atom is -0.340 e. The van der Waals surface area contributed by atoms with Gasteiger partial charge < -0.3 is 4.90 Å². The highest BCUT2D eigenvalue weighted by molar-refractivity contribution is 7.10. The first kappa shape index (κ1) is 15.8. The van der Waals surface area contributed by atoms with E-state index in [1.165, 1.54) is 11.3 Å². The van der Waals surface area contributed by atoms with Crippen molar-refractivity contribution in [3.8, 4) is 0 Å². The van der Waals surface area contributed by atoms with Gasteiger partial charge in [-0.25, -0.2) is 9.97 Å². The fourth-order valence-electron chi connectivity index (χ4n) is 4.14. The second kappa shape index (κ2) is 6.28. The molecule has 0 N–H and O–H groups in total. The van der Waals surface area contributed by atoms with E-state index in [0.717, 1.165) is 36.7 Å². The lowest BCUT2D eigenvalue weighted by Gasteiger charge is -2.35. The van der Waals surface area contributed by atoms with Gasteiger partial charge in [-0.2, -0.15) is 0 Å². The standard InChI is InChI=1S/C19H23N3OS/c1-12-6-13(2)11-22(10-12)19-20-9-15-16(21-19)7-14(8-17(15)23)18-4-3-5-24-18/h3-5,9,12-14H,6-8,10-11H2,1-2H3/t12-,13+,14-/m1/s1. The topological polar surface area (TPSA) is 46.1 Å². The number of carbonyl (C=O) groups excluding carboxylic acids is 1. The first-order valence-corrected chi connectivity index (χ1v) is 9.65. The summed E-state index contributed by atoms with van der Waals surface area (Å²) in [7, 11) is 0. The van der Waals surface area contributed by atoms with E-state index >= 15 is 0 Å². The Kier molecular flexibility index (Phi) is 4.12. The zero-order valence-corrected chi connectivity index (χ0v) is 15.1. The van der Waals surface area contributed by atoms with Crippen LogP contribution in [-0.4, -0.2) is 28.8 Å². The lowest BCUT2D eigenvalue weighted by molar-refractivity contribution is 0.0963. The Morgan fingerprint density at radius 1 is 1.21 bits per heavy atom. The van der Waals surface area contributed by atoms with Gasteiger partial charge >= 0.3 is 0 Å². The Morgan fingerprint density at radius 3 is 2.71 bits per heavy atom. The van der Waals surface area contributed by atoms with Crippen LogP contribution in [0.1, 0.15) is 53.5 Å². The van der Waals surface area contributed by atoms with Crippen molar-refractivity contribution in [1.29, 1.82) is 0 Å². The highest BCUT2D eigenvalue weighted by Crippen LogP contribution is 2.34. The summed E-state index contributed by atoms with van der Waals surface area (Å²) in [5, 5.41) is 2.08. The normalized spacial score (nSPS) is 27.2. The molecule has 1 aliphatic heterocycles. The molecule has 2 aliphatic rings. The number of anilines is 1. The van der Waals surface area contributed by atoms with Gasteiger partial charge in [0.15, 0.2) is 5.78 Å². The smallest absolute Gasteiger partial charge is 0.225 e. The van der Waals surface area contributed by atoms with Crippen LogP contribution in [0, 0.1) is 11.8 Å². The van der Waals surface area contributed by atoms with Gasteiger partial charge in [-0.3, -0.25) is 4.79 Å². The maximum atomic E-state index is 12.5. The molecule has 3 heterocycles. The van der Waals surface area contributed by atoms with Crippen molar-refractivity contribution in [3.05, 3.63) is 39.8 Å². The molecule has 2 aromatic rings. The summed E-state index contributed by atoms with van der Waals surface area (Å²) in [5.74, 6) is 2.57. The Bertz CT molecular complexity index is 733. The first-order chi connectivity index (χ1) is 11.6. The molecule has 0 bridgehead atoms. The summed E-state index contributed by atoms with van der Waals surface area (Å²) in [6, 6.07) is 4.19. The molecule has 3 atom stereocenters. The molecule has 0 aromatic carbocycles. The van der Waals surface area contributed by atoms with E-state index < -0.39 is 0 Å². The van der Waals surface area contributed by atoms with Gasteiger partial charge in [0.1, 0.15) is 0 Å². The zero-order valence-electron chi connectivity index (χ0n) is 14.2. The summed E-state index contributed by atoms with van der Waals surface area (Å²) >= 11 is 1.73. The SMILES string of the molecule is C[C@@H]1C[C@H](C)CN(c2ncc3c(n2)C[C@@H](c2cccs2)CC3=O)C1. The number of aromatic nitrogens is 2. The van der Waals surface area contributed by atoms with E-state index in [1.54, 1.807) is 17.5 Å². The van der Waals surface area contributed by atoms with E-state index in [4.69, 9.17) is 4.98 Å². The van der Waals surface area contributed by atoms with Gasteiger partial charge in [0.25, 0.3) is 0 Å². The zero-order chi connectivity index (χ0) is 16.7. The van der Waals surface area contributed by atoms with Crippen molar-refractivity contribution in [2.24, 2.45) is 11.8 Å². The Hall–Kier alpha value is -1.75. The van der Waals surface area contributed by atoms with E-state index in [1.807, 2.05) is 0 Å². The fourth-order valence-corrected chi connectivity index (χ4v) is 4.97. The number of nitrogens with zero attached hydrogens (tertiary/aromatic N) is 3. The maximum Gasteiger partial charge on any atom is 0.225 e. The summed E-state index contributed by atoms with van der Waals surface area (Å²) in [6.45, 7) is 6.59. The Labute approximate surface area is 146 Å². The van der Waals surface area contributed by atoms with Crippen LogP contribution in [0.25, 0.3) is 0 Å². The van der Waals surface area contributed by atoms with Gasteiger partial charge in [0.05, 0.1) is 11.3 Å². The van der Waals surface area contributed by atoms with Crippen molar-refractivity contribution < 1.29 is 4.79 Å². The minimum absolute atomic E-state index is 0.182. The lowest BCUT2D eigenvalue weighted by atomic mass is 9.85. The van der Waals surface area contributed by atoms with Crippen LogP contribution in [-0.2, 0) is 6.42 Å². The largest absolute Gasteiger partial charge is 0.340 e. The van der Waals surface area contributed by atoms with Crippen LogP contribution in [0.3, 0.4) is 0 Å². The van der Waals surface area contributed by atoms with Gasteiger partial charge in [-0.15, -0.1) is 11.3 Å². The van der Waals surface area contributed by atoms with Crippen LogP contribution >= 0.6 is 11.3 Å². The Morgan fingerprint density at radius 2 is 2.00 bits per heavy atom. The molecule has 4 rings (SSSR count). The number of Topliss-reactive ketones (excluding diaryl/α,β-unsaturated/α-hetero) is 1. The molecule has 1 aliphatic carbocycles. The number of rotatable bonds is 2. The van der Waals surface area contributed by atoms with Crippen LogP contribution in [0.15, 0.2) is 23.7 Å². The molecule has 0 radical (unpaired) electrons. The molecular weight excluding hydrogens is 318 g/mol. The van der Waals surface area contributed by atoms with E-state index in [2.05, 4.69) is 41.2 Å². The third-order valence-corrected chi connectivity index (χ3v) is 6.16. The van der Waals surface area contributed by atoms with Crippen LogP contribution < -0.4 is 4.90 Å². The van der Waals surface area contributed by atoms with Crippen molar-refractivity contribution in [2.75, 3.05) is 18.0 Å². The highest BCUT2D eigenvalue weighted by atomic mass is 32.1. The second-order valence-corrected chi connectivity index (χ2v) is 8.40. The molecule has 2 aromatic heterocycles. The van der Waals surface area contributed by atoms with Crippen LogP contribution in [0.2, 0.25) is 0 Å². The quantitative estimate of drug-likeness (QED) is 0.830. The van der Waals surface area contributed by atoms with E-state index in [9.17, 15) is 4.79 Å². The van der Waals surface area contributed by atoms with Crippen LogP contribution in [0.5, 0.6) is 0 Å². The molecule has 1 fully saturated rings. The summed E-state index contributed by atoms with van der Waals surface area (Å²) in [5.41, 5.74) is 1.66. The third-order valence-electron chi connectivity index (χ3n) is 5.12. The van der Waals surface area contributed by atoms with Gasteiger partial charge in [0, 0.05) is 36.5 Å². The average molecular weight is 341 g/mol. The molecule has 5 heteroatoms. The summed E-state index contributed by atoms with van der Waals surface area (Å²) in [6.07, 6.45) is 4.44. The van der Waals surface area contributed by atoms with Gasteiger partial charge in [-0.1, -0.05) is 19.9 Å². The minimum atomic E-state index is 0.182. The fraction of sp³-hybridized carbons (Fsp3) is 0.526. The van der Waals surface area contributed by atoms with Gasteiger partial charge in [-0.05, 0) is 36.1 Å². The molecule has 24 heavy (non-hydrogen) atoms.